The number of aryl methyl sites for hydroxylation is 1. The summed E-state index contributed by atoms with van der Waals surface area (Å²) in [5.74, 6) is -0.149. The van der Waals surface area contributed by atoms with Crippen molar-refractivity contribution in [3.05, 3.63) is 65.2 Å². The van der Waals surface area contributed by atoms with Gasteiger partial charge in [-0.3, -0.25) is 4.98 Å². The molecule has 0 amide bonds. The lowest BCUT2D eigenvalue weighted by molar-refractivity contribution is 0.506. The highest BCUT2D eigenvalue weighted by molar-refractivity contribution is 5.28. The monoisotopic (exact) mass is 242 g/mol. The van der Waals surface area contributed by atoms with Crippen LogP contribution in [0.1, 0.15) is 29.3 Å². The fourth-order valence-electron chi connectivity index (χ4n) is 2.49. The van der Waals surface area contributed by atoms with Gasteiger partial charge in [-0.25, -0.2) is 4.39 Å². The molecule has 0 saturated heterocycles. The van der Waals surface area contributed by atoms with Gasteiger partial charge in [-0.1, -0.05) is 24.3 Å². The van der Waals surface area contributed by atoms with Gasteiger partial charge in [-0.2, -0.15) is 0 Å². The molecule has 1 aromatic heterocycles. The largest absolute Gasteiger partial charge is 0.304 e. The van der Waals surface area contributed by atoms with Gasteiger partial charge in [0.05, 0.1) is 11.7 Å². The summed E-state index contributed by atoms with van der Waals surface area (Å²) in [5.41, 5.74) is 3.14. The molecule has 1 aliphatic rings. The number of halogens is 1. The van der Waals surface area contributed by atoms with Crippen LogP contribution in [0.4, 0.5) is 4.39 Å². The van der Waals surface area contributed by atoms with E-state index in [1.807, 2.05) is 24.4 Å². The van der Waals surface area contributed by atoms with Gasteiger partial charge < -0.3 is 5.32 Å². The first-order valence-electron chi connectivity index (χ1n) is 6.25. The van der Waals surface area contributed by atoms with Crippen LogP contribution in [0.25, 0.3) is 0 Å². The van der Waals surface area contributed by atoms with E-state index in [2.05, 4.69) is 16.4 Å². The molecule has 3 rings (SSSR count). The Morgan fingerprint density at radius 3 is 3.00 bits per heavy atom. The van der Waals surface area contributed by atoms with Gasteiger partial charge in [-0.05, 0) is 30.5 Å². The first-order chi connectivity index (χ1) is 8.84. The number of pyridine rings is 1. The number of hydrogen-bond acceptors (Lipinski definition) is 2. The molecule has 3 heteroatoms. The summed E-state index contributed by atoms with van der Waals surface area (Å²) in [6.45, 7) is 0.549. The first kappa shape index (κ1) is 11.4. The van der Waals surface area contributed by atoms with E-state index < -0.39 is 0 Å². The van der Waals surface area contributed by atoms with E-state index >= 15 is 0 Å². The molecule has 1 aromatic carbocycles. The van der Waals surface area contributed by atoms with Gasteiger partial charge in [0.1, 0.15) is 5.82 Å². The molecule has 1 heterocycles. The van der Waals surface area contributed by atoms with Crippen molar-refractivity contribution in [2.45, 2.75) is 25.4 Å². The Morgan fingerprint density at radius 1 is 1.22 bits per heavy atom. The van der Waals surface area contributed by atoms with Crippen LogP contribution in [-0.2, 0) is 13.0 Å². The van der Waals surface area contributed by atoms with Crippen molar-refractivity contribution >= 4 is 0 Å². The molecule has 1 aliphatic carbocycles. The summed E-state index contributed by atoms with van der Waals surface area (Å²) < 4.78 is 13.5. The van der Waals surface area contributed by atoms with Crippen molar-refractivity contribution in [3.63, 3.8) is 0 Å². The topological polar surface area (TPSA) is 24.9 Å². The van der Waals surface area contributed by atoms with E-state index in [1.54, 1.807) is 6.07 Å². The van der Waals surface area contributed by atoms with Crippen molar-refractivity contribution in [3.8, 4) is 0 Å². The van der Waals surface area contributed by atoms with Gasteiger partial charge >= 0.3 is 0 Å². The third-order valence-electron chi connectivity index (χ3n) is 3.46. The molecule has 0 bridgehead atoms. The van der Waals surface area contributed by atoms with Crippen molar-refractivity contribution in [1.29, 1.82) is 0 Å². The summed E-state index contributed by atoms with van der Waals surface area (Å²) >= 11 is 0. The highest BCUT2D eigenvalue weighted by atomic mass is 19.1. The lowest BCUT2D eigenvalue weighted by Crippen LogP contribution is -2.20. The zero-order chi connectivity index (χ0) is 12.4. The third kappa shape index (κ3) is 2.14. The summed E-state index contributed by atoms with van der Waals surface area (Å²) in [5, 5.41) is 3.39. The van der Waals surface area contributed by atoms with Crippen LogP contribution in [-0.4, -0.2) is 4.98 Å². The molecule has 1 N–H and O–H groups in total. The van der Waals surface area contributed by atoms with Crippen molar-refractivity contribution in [2.75, 3.05) is 0 Å². The van der Waals surface area contributed by atoms with Crippen LogP contribution in [0.15, 0.2) is 42.6 Å². The maximum atomic E-state index is 13.5. The Hall–Kier alpha value is -1.74. The van der Waals surface area contributed by atoms with Crippen LogP contribution in [0.5, 0.6) is 0 Å². The van der Waals surface area contributed by atoms with E-state index in [4.69, 9.17) is 0 Å². The fourth-order valence-corrected chi connectivity index (χ4v) is 2.49. The van der Waals surface area contributed by atoms with E-state index in [0.717, 1.165) is 18.5 Å². The average molecular weight is 242 g/mol. The zero-order valence-electron chi connectivity index (χ0n) is 10.1. The summed E-state index contributed by atoms with van der Waals surface area (Å²) in [6.07, 6.45) is 3.92. The standard InChI is InChI=1S/C15H15FN2/c16-13-6-2-1-4-12(13)10-18-14-8-7-11-5-3-9-17-15(11)14/h1-6,9,14,18H,7-8,10H2. The Kier molecular flexibility index (Phi) is 3.07. The predicted octanol–water partition coefficient (Wildman–Crippen LogP) is 3.00. The Bertz CT molecular complexity index is 554. The van der Waals surface area contributed by atoms with Crippen LogP contribution in [0.3, 0.4) is 0 Å². The molecule has 1 unspecified atom stereocenters. The average Bonchev–Trinajstić information content (AvgIpc) is 2.81. The maximum Gasteiger partial charge on any atom is 0.127 e. The molecule has 1 atom stereocenters. The highest BCUT2D eigenvalue weighted by Gasteiger charge is 2.22. The second kappa shape index (κ2) is 4.86. The lowest BCUT2D eigenvalue weighted by atomic mass is 10.1. The second-order valence-electron chi connectivity index (χ2n) is 4.61. The van der Waals surface area contributed by atoms with E-state index in [0.29, 0.717) is 12.1 Å². The smallest absolute Gasteiger partial charge is 0.127 e. The van der Waals surface area contributed by atoms with Gasteiger partial charge in [0.15, 0.2) is 0 Å². The minimum absolute atomic E-state index is 0.149. The van der Waals surface area contributed by atoms with Crippen LogP contribution >= 0.6 is 0 Å². The highest BCUT2D eigenvalue weighted by Crippen LogP contribution is 2.29. The Balaban J connectivity index is 1.71. The number of rotatable bonds is 3. The van der Waals surface area contributed by atoms with Crippen LogP contribution in [0, 0.1) is 5.82 Å². The van der Waals surface area contributed by atoms with E-state index in [-0.39, 0.29) is 11.9 Å². The van der Waals surface area contributed by atoms with Crippen molar-refractivity contribution in [1.82, 2.24) is 10.3 Å². The normalized spacial score (nSPS) is 17.7. The van der Waals surface area contributed by atoms with Crippen LogP contribution in [0.2, 0.25) is 0 Å². The lowest BCUT2D eigenvalue weighted by Gasteiger charge is -2.13. The number of hydrogen-bond donors (Lipinski definition) is 1. The number of aromatic nitrogens is 1. The first-order valence-corrected chi connectivity index (χ1v) is 6.25. The summed E-state index contributed by atoms with van der Waals surface area (Å²) in [7, 11) is 0. The Morgan fingerprint density at radius 2 is 2.11 bits per heavy atom. The predicted molar refractivity (Wildman–Crippen MR) is 68.5 cm³/mol. The molecule has 2 aromatic rings. The molecule has 92 valence electrons. The Labute approximate surface area is 106 Å². The fraction of sp³-hybridized carbons (Fsp3) is 0.267. The summed E-state index contributed by atoms with van der Waals surface area (Å²) in [6, 6.07) is 11.2. The molecule has 0 radical (unpaired) electrons. The zero-order valence-corrected chi connectivity index (χ0v) is 10.1. The van der Waals surface area contributed by atoms with Gasteiger partial charge in [-0.15, -0.1) is 0 Å². The van der Waals surface area contributed by atoms with E-state index in [9.17, 15) is 4.39 Å². The molecule has 0 saturated carbocycles. The van der Waals surface area contributed by atoms with Gasteiger partial charge in [0, 0.05) is 18.3 Å². The number of fused-ring (bicyclic) bond motifs is 1. The van der Waals surface area contributed by atoms with Crippen LogP contribution < -0.4 is 5.32 Å². The minimum atomic E-state index is -0.149. The van der Waals surface area contributed by atoms with Gasteiger partial charge in [0.2, 0.25) is 0 Å². The molecule has 2 nitrogen and oxygen atoms in total. The maximum absolute atomic E-state index is 13.5. The minimum Gasteiger partial charge on any atom is -0.304 e. The quantitative estimate of drug-likeness (QED) is 0.895. The molecular weight excluding hydrogens is 227 g/mol. The van der Waals surface area contributed by atoms with E-state index in [1.165, 1.54) is 11.6 Å². The molecule has 0 aliphatic heterocycles. The van der Waals surface area contributed by atoms with Gasteiger partial charge in [0.25, 0.3) is 0 Å². The van der Waals surface area contributed by atoms with Crippen molar-refractivity contribution in [2.24, 2.45) is 0 Å². The molecular formula is C15H15FN2. The molecule has 0 spiro atoms. The SMILES string of the molecule is Fc1ccccc1CNC1CCc2cccnc21. The third-order valence-corrected chi connectivity index (χ3v) is 3.46. The number of benzene rings is 1. The molecule has 18 heavy (non-hydrogen) atoms. The number of nitrogens with zero attached hydrogens (tertiary/aromatic N) is 1. The van der Waals surface area contributed by atoms with Crippen molar-refractivity contribution < 1.29 is 4.39 Å². The molecule has 0 fully saturated rings. The number of nitrogens with one attached hydrogen (secondary N) is 1. The summed E-state index contributed by atoms with van der Waals surface area (Å²) in [4.78, 5) is 4.42. The second-order valence-corrected chi connectivity index (χ2v) is 4.61.